The molecule has 0 aliphatic carbocycles. The molecule has 0 aliphatic heterocycles. The van der Waals surface area contributed by atoms with E-state index in [1.807, 2.05) is 19.2 Å². The summed E-state index contributed by atoms with van der Waals surface area (Å²) in [5.74, 6) is 0.103. The maximum atomic E-state index is 14.0. The van der Waals surface area contributed by atoms with E-state index in [-0.39, 0.29) is 5.82 Å². The van der Waals surface area contributed by atoms with E-state index in [0.717, 1.165) is 12.0 Å². The molecule has 102 valence electrons. The monoisotopic (exact) mass is 253 g/mol. The first-order chi connectivity index (χ1) is 8.72. The van der Waals surface area contributed by atoms with Crippen molar-refractivity contribution in [1.82, 2.24) is 5.32 Å². The molecule has 1 aromatic carbocycles. The fourth-order valence-electron chi connectivity index (χ4n) is 2.13. The average molecular weight is 253 g/mol. The molecule has 1 unspecified atom stereocenters. The molecule has 0 amide bonds. The van der Waals surface area contributed by atoms with Crippen LogP contribution in [0.4, 0.5) is 4.39 Å². The first-order valence-corrected chi connectivity index (χ1v) is 6.71. The van der Waals surface area contributed by atoms with Gasteiger partial charge in [0.2, 0.25) is 0 Å². The number of hydrogen-bond acceptors (Lipinski definition) is 2. The maximum Gasteiger partial charge on any atom is 0.168 e. The number of unbranched alkanes of at least 4 members (excludes halogenated alkanes) is 2. The van der Waals surface area contributed by atoms with Gasteiger partial charge in [-0.15, -0.1) is 0 Å². The first-order valence-electron chi connectivity index (χ1n) is 6.71. The second-order valence-corrected chi connectivity index (χ2v) is 4.62. The zero-order valence-corrected chi connectivity index (χ0v) is 11.6. The highest BCUT2D eigenvalue weighted by atomic mass is 19.1. The molecule has 0 radical (unpaired) electrons. The van der Waals surface area contributed by atoms with Crippen LogP contribution in [-0.2, 0) is 6.42 Å². The van der Waals surface area contributed by atoms with Gasteiger partial charge in [0.1, 0.15) is 0 Å². The Labute approximate surface area is 110 Å². The summed E-state index contributed by atoms with van der Waals surface area (Å²) < 4.78 is 19.0. The molecule has 0 saturated carbocycles. The highest BCUT2D eigenvalue weighted by molar-refractivity contribution is 5.31. The minimum atomic E-state index is -0.226. The van der Waals surface area contributed by atoms with Crippen LogP contribution < -0.4 is 10.1 Å². The molecular weight excluding hydrogens is 229 g/mol. The van der Waals surface area contributed by atoms with Crippen molar-refractivity contribution < 1.29 is 9.13 Å². The fourth-order valence-corrected chi connectivity index (χ4v) is 2.13. The predicted octanol–water partition coefficient (Wildman–Crippen LogP) is 3.55. The molecule has 1 rings (SSSR count). The number of hydrogen-bond donors (Lipinski definition) is 1. The molecule has 0 aromatic heterocycles. The molecule has 3 heteroatoms. The van der Waals surface area contributed by atoms with Crippen LogP contribution in [0.15, 0.2) is 18.2 Å². The Balaban J connectivity index is 2.63. The Morgan fingerprint density at radius 3 is 2.72 bits per heavy atom. The van der Waals surface area contributed by atoms with E-state index in [0.29, 0.717) is 18.2 Å². The standard InChI is InChI=1S/C15H24FNO/c1-4-5-6-9-13(17-2)11-12-8-7-10-14(18-3)15(12)16/h7-8,10,13,17H,4-6,9,11H2,1-3H3. The molecule has 1 atom stereocenters. The molecule has 1 aromatic rings. The van der Waals surface area contributed by atoms with Crippen molar-refractivity contribution in [1.29, 1.82) is 0 Å². The lowest BCUT2D eigenvalue weighted by atomic mass is 10.00. The van der Waals surface area contributed by atoms with Gasteiger partial charge in [0, 0.05) is 6.04 Å². The van der Waals surface area contributed by atoms with E-state index in [9.17, 15) is 4.39 Å². The lowest BCUT2D eigenvalue weighted by molar-refractivity contribution is 0.381. The third kappa shape index (κ3) is 4.30. The molecule has 2 nitrogen and oxygen atoms in total. The van der Waals surface area contributed by atoms with Gasteiger partial charge in [-0.2, -0.15) is 0 Å². The quantitative estimate of drug-likeness (QED) is 0.715. The normalized spacial score (nSPS) is 12.4. The minimum Gasteiger partial charge on any atom is -0.494 e. The Hall–Kier alpha value is -1.09. The molecule has 1 N–H and O–H groups in total. The van der Waals surface area contributed by atoms with Gasteiger partial charge >= 0.3 is 0 Å². The van der Waals surface area contributed by atoms with Gasteiger partial charge in [-0.3, -0.25) is 0 Å². The van der Waals surface area contributed by atoms with Crippen molar-refractivity contribution in [2.45, 2.75) is 45.1 Å². The molecule has 0 fully saturated rings. The summed E-state index contributed by atoms with van der Waals surface area (Å²) in [6.45, 7) is 2.19. The number of ether oxygens (including phenoxy) is 1. The van der Waals surface area contributed by atoms with Gasteiger partial charge in [-0.25, -0.2) is 4.39 Å². The molecule has 0 spiro atoms. The Kier molecular flexibility index (Phi) is 6.73. The third-order valence-electron chi connectivity index (χ3n) is 3.29. The van der Waals surface area contributed by atoms with E-state index in [1.54, 1.807) is 6.07 Å². The van der Waals surface area contributed by atoms with Crippen LogP contribution >= 0.6 is 0 Å². The van der Waals surface area contributed by atoms with Crippen molar-refractivity contribution >= 4 is 0 Å². The maximum absolute atomic E-state index is 14.0. The van der Waals surface area contributed by atoms with Crippen LogP contribution in [0, 0.1) is 5.82 Å². The van der Waals surface area contributed by atoms with Crippen molar-refractivity contribution in [3.8, 4) is 5.75 Å². The molecule has 0 aliphatic rings. The summed E-state index contributed by atoms with van der Waals surface area (Å²) >= 11 is 0. The summed E-state index contributed by atoms with van der Waals surface area (Å²) in [5.41, 5.74) is 0.727. The van der Waals surface area contributed by atoms with E-state index in [4.69, 9.17) is 4.74 Å². The van der Waals surface area contributed by atoms with Gasteiger partial charge in [0.05, 0.1) is 7.11 Å². The zero-order valence-electron chi connectivity index (χ0n) is 11.6. The smallest absolute Gasteiger partial charge is 0.168 e. The van der Waals surface area contributed by atoms with Crippen molar-refractivity contribution in [2.75, 3.05) is 14.2 Å². The van der Waals surface area contributed by atoms with E-state index >= 15 is 0 Å². The third-order valence-corrected chi connectivity index (χ3v) is 3.29. The lowest BCUT2D eigenvalue weighted by Crippen LogP contribution is -2.27. The van der Waals surface area contributed by atoms with Gasteiger partial charge in [-0.05, 0) is 31.5 Å². The van der Waals surface area contributed by atoms with Crippen LogP contribution in [0.3, 0.4) is 0 Å². The molecule has 18 heavy (non-hydrogen) atoms. The number of methoxy groups -OCH3 is 1. The average Bonchev–Trinajstić information content (AvgIpc) is 2.40. The van der Waals surface area contributed by atoms with E-state index < -0.39 is 0 Å². The summed E-state index contributed by atoms with van der Waals surface area (Å²) in [7, 11) is 3.44. The Bertz CT molecular complexity index is 354. The topological polar surface area (TPSA) is 21.3 Å². The first kappa shape index (κ1) is 15.0. The fraction of sp³-hybridized carbons (Fsp3) is 0.600. The van der Waals surface area contributed by atoms with Crippen LogP contribution in [0.25, 0.3) is 0 Å². The minimum absolute atomic E-state index is 0.226. The van der Waals surface area contributed by atoms with Crippen LogP contribution in [0.1, 0.15) is 38.2 Å². The van der Waals surface area contributed by atoms with Crippen molar-refractivity contribution in [3.63, 3.8) is 0 Å². The molecule has 0 saturated heterocycles. The SMILES string of the molecule is CCCCCC(Cc1cccc(OC)c1F)NC. The van der Waals surface area contributed by atoms with Gasteiger partial charge in [0.25, 0.3) is 0 Å². The number of rotatable bonds is 8. The molecule has 0 bridgehead atoms. The summed E-state index contributed by atoms with van der Waals surface area (Å²) in [5, 5.41) is 3.27. The Morgan fingerprint density at radius 2 is 2.11 bits per heavy atom. The molecular formula is C15H24FNO. The molecule has 0 heterocycles. The van der Waals surface area contributed by atoms with Crippen molar-refractivity contribution in [2.24, 2.45) is 0 Å². The predicted molar refractivity (Wildman–Crippen MR) is 73.6 cm³/mol. The number of nitrogens with one attached hydrogen (secondary N) is 1. The second kappa shape index (κ2) is 8.09. The van der Waals surface area contributed by atoms with E-state index in [2.05, 4.69) is 12.2 Å². The van der Waals surface area contributed by atoms with Crippen LogP contribution in [0.2, 0.25) is 0 Å². The van der Waals surface area contributed by atoms with Crippen molar-refractivity contribution in [3.05, 3.63) is 29.6 Å². The van der Waals surface area contributed by atoms with Gasteiger partial charge < -0.3 is 10.1 Å². The highest BCUT2D eigenvalue weighted by Gasteiger charge is 2.13. The summed E-state index contributed by atoms with van der Waals surface area (Å²) in [6.07, 6.45) is 5.43. The highest BCUT2D eigenvalue weighted by Crippen LogP contribution is 2.21. The van der Waals surface area contributed by atoms with Gasteiger partial charge in [-0.1, -0.05) is 38.3 Å². The summed E-state index contributed by atoms with van der Waals surface area (Å²) in [6, 6.07) is 5.67. The zero-order chi connectivity index (χ0) is 13.4. The van der Waals surface area contributed by atoms with Crippen LogP contribution in [0.5, 0.6) is 5.75 Å². The number of likely N-dealkylation sites (N-methyl/N-ethyl adjacent to an activating group) is 1. The van der Waals surface area contributed by atoms with Crippen LogP contribution in [-0.4, -0.2) is 20.2 Å². The van der Waals surface area contributed by atoms with Gasteiger partial charge in [0.15, 0.2) is 11.6 Å². The Morgan fingerprint density at radius 1 is 1.33 bits per heavy atom. The van der Waals surface area contributed by atoms with E-state index in [1.165, 1.54) is 26.4 Å². The summed E-state index contributed by atoms with van der Waals surface area (Å²) in [4.78, 5) is 0. The largest absolute Gasteiger partial charge is 0.494 e. The lowest BCUT2D eigenvalue weighted by Gasteiger charge is -2.17. The number of benzene rings is 1. The second-order valence-electron chi connectivity index (χ2n) is 4.62. The number of halogens is 1.